The molecule has 1 atom stereocenters. The number of aliphatic carboxylic acids is 1. The van der Waals surface area contributed by atoms with Gasteiger partial charge in [0.15, 0.2) is 0 Å². The van der Waals surface area contributed by atoms with Gasteiger partial charge >= 0.3 is 12.1 Å². The van der Waals surface area contributed by atoms with Gasteiger partial charge in [0.2, 0.25) is 11.9 Å². The number of carboxylic acids is 1. The monoisotopic (exact) mass is 648 g/mol. The quantitative estimate of drug-likeness (QED) is 0.0866. The van der Waals surface area contributed by atoms with Gasteiger partial charge in [-0.2, -0.15) is 5.10 Å². The number of allylic oxidation sites excluding steroid dienone is 1. The largest absolute Gasteiger partial charge is 0.771 e. The van der Waals surface area contributed by atoms with Crippen molar-refractivity contribution in [1.82, 2.24) is 24.6 Å². The normalized spacial score (nSPS) is 11.9. The Balaban J connectivity index is 1.87. The molecule has 5 N–H and O–H groups in total. The molecule has 1 unspecified atom stereocenters. The van der Waals surface area contributed by atoms with E-state index in [0.717, 1.165) is 0 Å². The summed E-state index contributed by atoms with van der Waals surface area (Å²) in [6.45, 7) is 4.13. The molecule has 0 spiro atoms. The smallest absolute Gasteiger partial charge is 0.407 e. The third kappa shape index (κ3) is 10.4. The van der Waals surface area contributed by atoms with Crippen LogP contribution < -0.4 is 21.1 Å². The lowest BCUT2D eigenvalue weighted by molar-refractivity contribution is -0.136. The first-order chi connectivity index (χ1) is 21.5. The van der Waals surface area contributed by atoms with Gasteiger partial charge in [-0.25, -0.2) is 9.78 Å². The summed E-state index contributed by atoms with van der Waals surface area (Å²) < 4.78 is 40.6. The summed E-state index contributed by atoms with van der Waals surface area (Å²) in [7, 11) is 0. The molecule has 1 aromatic carbocycles. The number of hydrogen-bond acceptors (Lipinski definition) is 11. The molecule has 17 nitrogen and oxygen atoms in total. The van der Waals surface area contributed by atoms with Crippen LogP contribution in [0.3, 0.4) is 0 Å². The Morgan fingerprint density at radius 1 is 1.18 bits per heavy atom. The number of amides is 3. The van der Waals surface area contributed by atoms with Gasteiger partial charge in [-0.05, 0) is 43.1 Å². The number of nitrogens with one attached hydrogen (secondary N) is 2. The predicted molar refractivity (Wildman–Crippen MR) is 159 cm³/mol. The molecule has 0 aliphatic heterocycles. The second-order valence-electron chi connectivity index (χ2n) is 9.37. The van der Waals surface area contributed by atoms with Crippen molar-refractivity contribution < 1.29 is 47.3 Å². The first-order valence-electron chi connectivity index (χ1n) is 13.7. The highest BCUT2D eigenvalue weighted by atomic mass is 32.2. The highest BCUT2D eigenvalue weighted by molar-refractivity contribution is 7.78. The standard InChI is InChI=1S/C27H35N7O10S/c1-3-34-20(13-17(2)32-34)25(38)31-26-30-19-14-18(24(28)37)15-21(23(19)33(26)9-4-5-10-42-16-45(40)41)43-11-6-12-44-27(39)29-8-7-22(35)36/h4-5,13-15H,3,6-12,16H2,1-2H3,(H2,28,37)(H,29,39)(H,35,36)(H,40,41)(H,30,31,38)/p-1/b5-4+. The molecule has 18 heteroatoms. The summed E-state index contributed by atoms with van der Waals surface area (Å²) in [5, 5.41) is 18.1. The van der Waals surface area contributed by atoms with E-state index in [0.29, 0.717) is 23.4 Å². The predicted octanol–water partition coefficient (Wildman–Crippen LogP) is 1.29. The Kier molecular flexibility index (Phi) is 13.0. The SMILES string of the molecule is CCn1nc(C)cc1C(=O)Nc1nc2cc(C(N)=O)cc(OCCCOC(=O)NCCC(=O)O)c2n1C/C=C/COCS(=O)[O-]. The van der Waals surface area contributed by atoms with Crippen LogP contribution in [0.5, 0.6) is 5.75 Å². The summed E-state index contributed by atoms with van der Waals surface area (Å²) in [6, 6.07) is 4.52. The molecule has 3 rings (SSSR count). The van der Waals surface area contributed by atoms with E-state index in [4.69, 9.17) is 25.1 Å². The number of aromatic nitrogens is 4. The van der Waals surface area contributed by atoms with Crippen LogP contribution >= 0.6 is 0 Å². The van der Waals surface area contributed by atoms with Crippen molar-refractivity contribution in [1.29, 1.82) is 0 Å². The maximum absolute atomic E-state index is 13.3. The van der Waals surface area contributed by atoms with Crippen molar-refractivity contribution >= 4 is 51.9 Å². The van der Waals surface area contributed by atoms with Gasteiger partial charge in [0, 0.05) is 31.6 Å². The molecule has 0 aliphatic carbocycles. The number of anilines is 1. The zero-order valence-corrected chi connectivity index (χ0v) is 25.5. The number of imidazole rings is 1. The average molecular weight is 649 g/mol. The van der Waals surface area contributed by atoms with Crippen LogP contribution in [-0.2, 0) is 38.4 Å². The second-order valence-corrected chi connectivity index (χ2v) is 10.2. The number of carbonyl (C=O) groups is 4. The zero-order chi connectivity index (χ0) is 32.9. The number of carboxylic acid groups (broad SMARTS) is 1. The van der Waals surface area contributed by atoms with E-state index < -0.39 is 40.9 Å². The van der Waals surface area contributed by atoms with Crippen molar-refractivity contribution in [3.8, 4) is 5.75 Å². The molecule has 0 aliphatic rings. The number of ether oxygens (including phenoxy) is 3. The maximum atomic E-state index is 13.3. The number of nitrogens with zero attached hydrogens (tertiary/aromatic N) is 4. The molecule has 0 saturated heterocycles. The number of fused-ring (bicyclic) bond motifs is 1. The fraction of sp³-hybridized carbons (Fsp3) is 0.407. The Hall–Kier alpha value is -4.81. The Morgan fingerprint density at radius 2 is 1.96 bits per heavy atom. The van der Waals surface area contributed by atoms with Crippen molar-refractivity contribution in [2.75, 3.05) is 37.6 Å². The van der Waals surface area contributed by atoms with Gasteiger partial charge in [0.25, 0.3) is 5.91 Å². The molecule has 0 fully saturated rings. The zero-order valence-electron chi connectivity index (χ0n) is 24.6. The fourth-order valence-corrected chi connectivity index (χ4v) is 4.28. The molecule has 0 radical (unpaired) electrons. The molecule has 244 valence electrons. The molecule has 3 aromatic rings. The van der Waals surface area contributed by atoms with Crippen molar-refractivity contribution in [3.05, 3.63) is 47.3 Å². The second kappa shape index (κ2) is 16.9. The molecule has 0 bridgehead atoms. The van der Waals surface area contributed by atoms with Gasteiger partial charge in [0.1, 0.15) is 22.9 Å². The van der Waals surface area contributed by atoms with Crippen molar-refractivity contribution in [3.63, 3.8) is 0 Å². The van der Waals surface area contributed by atoms with E-state index in [1.165, 1.54) is 12.1 Å². The van der Waals surface area contributed by atoms with E-state index >= 15 is 0 Å². The molecular weight excluding hydrogens is 614 g/mol. The Morgan fingerprint density at radius 3 is 2.64 bits per heavy atom. The molecule has 2 aromatic heterocycles. The van der Waals surface area contributed by atoms with Crippen LogP contribution in [0.25, 0.3) is 11.0 Å². The van der Waals surface area contributed by atoms with Crippen LogP contribution in [-0.4, -0.2) is 89.4 Å². The first kappa shape index (κ1) is 34.7. The minimum atomic E-state index is -2.35. The van der Waals surface area contributed by atoms with E-state index in [1.807, 2.05) is 6.92 Å². The number of benzene rings is 1. The first-order valence-corrected chi connectivity index (χ1v) is 15.0. The topological polar surface area (TPSA) is 242 Å². The summed E-state index contributed by atoms with van der Waals surface area (Å²) in [4.78, 5) is 52.2. The van der Waals surface area contributed by atoms with E-state index in [9.17, 15) is 27.9 Å². The number of aryl methyl sites for hydroxylation is 2. The number of carbonyl (C=O) groups excluding carboxylic acids is 3. The van der Waals surface area contributed by atoms with Gasteiger partial charge in [0.05, 0.1) is 37.5 Å². The number of alkyl carbamates (subject to hydrolysis) is 1. The molecule has 2 heterocycles. The van der Waals surface area contributed by atoms with E-state index in [2.05, 4.69) is 20.7 Å². The van der Waals surface area contributed by atoms with Crippen molar-refractivity contribution in [2.45, 2.75) is 39.8 Å². The number of primary amides is 1. The van der Waals surface area contributed by atoms with Gasteiger partial charge in [-0.3, -0.25) is 28.6 Å². The van der Waals surface area contributed by atoms with Crippen LogP contribution in [0.2, 0.25) is 0 Å². The molecule has 3 amide bonds. The van der Waals surface area contributed by atoms with Crippen molar-refractivity contribution in [2.24, 2.45) is 5.73 Å². The van der Waals surface area contributed by atoms with Crippen LogP contribution in [0.4, 0.5) is 10.7 Å². The maximum Gasteiger partial charge on any atom is 0.407 e. The fourth-order valence-electron chi connectivity index (χ4n) is 4.05. The van der Waals surface area contributed by atoms with Gasteiger partial charge in [-0.1, -0.05) is 12.2 Å². The number of hydrogen-bond donors (Lipinski definition) is 4. The highest BCUT2D eigenvalue weighted by Gasteiger charge is 2.21. The number of nitrogens with two attached hydrogens (primary N) is 1. The van der Waals surface area contributed by atoms with Crippen LogP contribution in [0, 0.1) is 6.92 Å². The summed E-state index contributed by atoms with van der Waals surface area (Å²) in [5.74, 6) is -2.41. The van der Waals surface area contributed by atoms with E-state index in [1.54, 1.807) is 34.4 Å². The summed E-state index contributed by atoms with van der Waals surface area (Å²) >= 11 is -2.35. The number of rotatable bonds is 18. The minimum Gasteiger partial charge on any atom is -0.771 e. The highest BCUT2D eigenvalue weighted by Crippen LogP contribution is 2.31. The third-order valence-corrected chi connectivity index (χ3v) is 6.35. The minimum absolute atomic E-state index is 0.0102. The molecular formula is C27H34N7O10S-. The lowest BCUT2D eigenvalue weighted by atomic mass is 10.1. The Labute approximate surface area is 260 Å². The lowest BCUT2D eigenvalue weighted by Gasteiger charge is -2.13. The lowest BCUT2D eigenvalue weighted by Crippen LogP contribution is -2.27. The van der Waals surface area contributed by atoms with Crippen LogP contribution in [0.1, 0.15) is 46.3 Å². The molecule has 45 heavy (non-hydrogen) atoms. The van der Waals surface area contributed by atoms with E-state index in [-0.39, 0.29) is 68.5 Å². The van der Waals surface area contributed by atoms with Gasteiger partial charge < -0.3 is 39.5 Å². The average Bonchev–Trinajstić information content (AvgIpc) is 3.53. The summed E-state index contributed by atoms with van der Waals surface area (Å²) in [6.07, 6.45) is 2.49. The molecule has 0 saturated carbocycles. The van der Waals surface area contributed by atoms with Crippen LogP contribution in [0.15, 0.2) is 30.4 Å². The third-order valence-electron chi connectivity index (χ3n) is 5.99. The van der Waals surface area contributed by atoms with Gasteiger partial charge in [-0.15, -0.1) is 0 Å². The summed E-state index contributed by atoms with van der Waals surface area (Å²) in [5.41, 5.74) is 7.31. The Bertz CT molecular complexity index is 1580.